The van der Waals surface area contributed by atoms with Gasteiger partial charge >= 0.3 is 5.97 Å². The minimum atomic E-state index is -1.17. The van der Waals surface area contributed by atoms with Gasteiger partial charge in [0.15, 0.2) is 0 Å². The number of ether oxygens (including phenoxy) is 2. The molecule has 2 atom stereocenters. The predicted octanol–water partition coefficient (Wildman–Crippen LogP) is 0.973. The molecule has 5 nitrogen and oxygen atoms in total. The maximum Gasteiger partial charge on any atom is 0.324 e. The highest BCUT2D eigenvalue weighted by atomic mass is 16.5. The molecule has 0 heterocycles. The van der Waals surface area contributed by atoms with Gasteiger partial charge < -0.3 is 20.3 Å². The number of rotatable bonds is 4. The number of carbonyl (C=O) groups is 1. The third-order valence-electron chi connectivity index (χ3n) is 3.21. The average molecular weight is 237 g/mol. The first-order chi connectivity index (χ1) is 8.02. The van der Waals surface area contributed by atoms with E-state index in [1.165, 1.54) is 0 Å². The molecule has 0 bridgehead atoms. The van der Waals surface area contributed by atoms with Crippen molar-refractivity contribution >= 4 is 5.97 Å². The average Bonchev–Trinajstić information content (AvgIpc) is 3.02. The Morgan fingerprint density at radius 3 is 2.65 bits per heavy atom. The van der Waals surface area contributed by atoms with E-state index >= 15 is 0 Å². The Balaban J connectivity index is 2.36. The molecule has 0 aliphatic heterocycles. The van der Waals surface area contributed by atoms with E-state index in [4.69, 9.17) is 20.3 Å². The largest absolute Gasteiger partial charge is 0.497 e. The summed E-state index contributed by atoms with van der Waals surface area (Å²) in [6, 6.07) is 5.31. The fourth-order valence-corrected chi connectivity index (χ4v) is 2.01. The summed E-state index contributed by atoms with van der Waals surface area (Å²) in [5.74, 6) is 0.113. The van der Waals surface area contributed by atoms with Crippen molar-refractivity contribution in [2.24, 2.45) is 5.73 Å². The lowest BCUT2D eigenvalue weighted by atomic mass is 10.0. The van der Waals surface area contributed by atoms with Crippen LogP contribution in [0.5, 0.6) is 11.5 Å². The molecule has 1 aromatic carbocycles. The van der Waals surface area contributed by atoms with Crippen molar-refractivity contribution in [3.8, 4) is 11.5 Å². The molecule has 2 rings (SSSR count). The van der Waals surface area contributed by atoms with E-state index in [1.807, 2.05) is 0 Å². The molecule has 0 aromatic heterocycles. The van der Waals surface area contributed by atoms with Gasteiger partial charge in [0.1, 0.15) is 17.0 Å². The Bertz CT molecular complexity index is 460. The fourth-order valence-electron chi connectivity index (χ4n) is 2.01. The number of aliphatic carboxylic acids is 1. The zero-order valence-corrected chi connectivity index (χ0v) is 9.77. The molecule has 0 radical (unpaired) electrons. The molecule has 0 amide bonds. The quantitative estimate of drug-likeness (QED) is 0.815. The molecule has 1 aliphatic carbocycles. The topological polar surface area (TPSA) is 81.8 Å². The summed E-state index contributed by atoms with van der Waals surface area (Å²) in [6.45, 7) is 0. The number of hydrogen-bond acceptors (Lipinski definition) is 4. The van der Waals surface area contributed by atoms with Crippen LogP contribution >= 0.6 is 0 Å². The maximum atomic E-state index is 11.0. The van der Waals surface area contributed by atoms with Gasteiger partial charge in [-0.15, -0.1) is 0 Å². The zero-order valence-electron chi connectivity index (χ0n) is 9.77. The molecule has 92 valence electrons. The Morgan fingerprint density at radius 1 is 1.47 bits per heavy atom. The summed E-state index contributed by atoms with van der Waals surface area (Å²) in [6.07, 6.45) is 0.422. The minimum absolute atomic E-state index is 0.218. The molecular formula is C12H15NO4. The predicted molar refractivity (Wildman–Crippen MR) is 61.5 cm³/mol. The second-order valence-electron chi connectivity index (χ2n) is 4.21. The summed E-state index contributed by atoms with van der Waals surface area (Å²) < 4.78 is 10.3. The normalized spacial score (nSPS) is 26.4. The Morgan fingerprint density at radius 2 is 2.18 bits per heavy atom. The van der Waals surface area contributed by atoms with Gasteiger partial charge in [0.05, 0.1) is 14.2 Å². The highest BCUT2D eigenvalue weighted by Crippen LogP contribution is 2.52. The Hall–Kier alpha value is -1.75. The Labute approximate surface area is 99.1 Å². The van der Waals surface area contributed by atoms with Gasteiger partial charge in [-0.2, -0.15) is 0 Å². The third kappa shape index (κ3) is 1.82. The maximum absolute atomic E-state index is 11.0. The highest BCUT2D eigenvalue weighted by Gasteiger charge is 2.59. The number of carboxylic acid groups (broad SMARTS) is 1. The number of benzene rings is 1. The van der Waals surface area contributed by atoms with E-state index in [2.05, 4.69) is 0 Å². The molecule has 0 unspecified atom stereocenters. The van der Waals surface area contributed by atoms with Crippen molar-refractivity contribution in [2.45, 2.75) is 17.9 Å². The summed E-state index contributed by atoms with van der Waals surface area (Å²) in [5, 5.41) is 9.04. The van der Waals surface area contributed by atoms with Gasteiger partial charge in [0, 0.05) is 11.5 Å². The summed E-state index contributed by atoms with van der Waals surface area (Å²) >= 11 is 0. The molecule has 1 saturated carbocycles. The molecule has 17 heavy (non-hydrogen) atoms. The van der Waals surface area contributed by atoms with Gasteiger partial charge in [0.25, 0.3) is 0 Å². The van der Waals surface area contributed by atoms with Crippen LogP contribution < -0.4 is 15.2 Å². The van der Waals surface area contributed by atoms with Crippen LogP contribution in [0.15, 0.2) is 18.2 Å². The van der Waals surface area contributed by atoms with Crippen LogP contribution in [0.4, 0.5) is 0 Å². The second-order valence-corrected chi connectivity index (χ2v) is 4.21. The van der Waals surface area contributed by atoms with Crippen molar-refractivity contribution < 1.29 is 19.4 Å². The number of carboxylic acids is 1. The van der Waals surface area contributed by atoms with Crippen LogP contribution in [0.2, 0.25) is 0 Å². The van der Waals surface area contributed by atoms with E-state index in [0.29, 0.717) is 17.9 Å². The van der Waals surface area contributed by atoms with E-state index in [1.54, 1.807) is 32.4 Å². The number of nitrogens with two attached hydrogens (primary N) is 1. The first-order valence-electron chi connectivity index (χ1n) is 5.27. The fraction of sp³-hybridized carbons (Fsp3) is 0.417. The van der Waals surface area contributed by atoms with Crippen molar-refractivity contribution in [3.63, 3.8) is 0 Å². The van der Waals surface area contributed by atoms with E-state index in [-0.39, 0.29) is 5.92 Å². The molecule has 5 heteroatoms. The Kier molecular flexibility index (Phi) is 2.71. The molecule has 0 saturated heterocycles. The van der Waals surface area contributed by atoms with Gasteiger partial charge in [0.2, 0.25) is 0 Å². The van der Waals surface area contributed by atoms with Crippen LogP contribution in [0, 0.1) is 0 Å². The standard InChI is InChI=1S/C12H15NO4/c1-16-7-3-4-10(17-2)8(5-7)9-6-12(9,13)11(14)15/h3-5,9H,6,13H2,1-2H3,(H,14,15)/t9-,12+/m0/s1. The number of methoxy groups -OCH3 is 2. The first-order valence-corrected chi connectivity index (χ1v) is 5.27. The zero-order chi connectivity index (χ0) is 12.6. The summed E-state index contributed by atoms with van der Waals surface area (Å²) in [4.78, 5) is 11.0. The van der Waals surface area contributed by atoms with Crippen LogP contribution in [-0.4, -0.2) is 30.8 Å². The molecule has 1 aliphatic rings. The van der Waals surface area contributed by atoms with Crippen molar-refractivity contribution in [1.82, 2.24) is 0 Å². The van der Waals surface area contributed by atoms with Crippen LogP contribution in [0.25, 0.3) is 0 Å². The second kappa shape index (κ2) is 3.92. The lowest BCUT2D eigenvalue weighted by molar-refractivity contribution is -0.139. The highest BCUT2D eigenvalue weighted by molar-refractivity contribution is 5.85. The first kappa shape index (κ1) is 11.7. The molecule has 0 spiro atoms. The van der Waals surface area contributed by atoms with Gasteiger partial charge in [-0.1, -0.05) is 0 Å². The van der Waals surface area contributed by atoms with Crippen molar-refractivity contribution in [1.29, 1.82) is 0 Å². The van der Waals surface area contributed by atoms with Crippen molar-refractivity contribution in [3.05, 3.63) is 23.8 Å². The number of hydrogen-bond donors (Lipinski definition) is 2. The van der Waals surface area contributed by atoms with Gasteiger partial charge in [-0.3, -0.25) is 4.79 Å². The smallest absolute Gasteiger partial charge is 0.324 e. The summed E-state index contributed by atoms with van der Waals surface area (Å²) in [7, 11) is 3.11. The van der Waals surface area contributed by atoms with E-state index in [9.17, 15) is 4.79 Å². The molecule has 1 aromatic rings. The van der Waals surface area contributed by atoms with Crippen molar-refractivity contribution in [2.75, 3.05) is 14.2 Å². The van der Waals surface area contributed by atoms with Crippen LogP contribution in [-0.2, 0) is 4.79 Å². The third-order valence-corrected chi connectivity index (χ3v) is 3.21. The molecule has 3 N–H and O–H groups in total. The minimum Gasteiger partial charge on any atom is -0.497 e. The van der Waals surface area contributed by atoms with E-state index in [0.717, 1.165) is 5.56 Å². The lowest BCUT2D eigenvalue weighted by Gasteiger charge is -2.11. The molecule has 1 fully saturated rings. The van der Waals surface area contributed by atoms with Crippen LogP contribution in [0.1, 0.15) is 17.9 Å². The molecular weight excluding hydrogens is 222 g/mol. The SMILES string of the molecule is COc1ccc(OC)c([C@@H]2C[C@]2(N)C(=O)O)c1. The van der Waals surface area contributed by atoms with Crippen LogP contribution in [0.3, 0.4) is 0 Å². The van der Waals surface area contributed by atoms with E-state index < -0.39 is 11.5 Å². The van der Waals surface area contributed by atoms with Gasteiger partial charge in [-0.25, -0.2) is 0 Å². The summed E-state index contributed by atoms with van der Waals surface area (Å²) in [5.41, 5.74) is 5.41. The monoisotopic (exact) mass is 237 g/mol. The lowest BCUT2D eigenvalue weighted by Crippen LogP contribution is -2.34. The van der Waals surface area contributed by atoms with Gasteiger partial charge in [-0.05, 0) is 24.6 Å².